The highest BCUT2D eigenvalue weighted by molar-refractivity contribution is 6.07. The number of urea groups is 1. The van der Waals surface area contributed by atoms with Gasteiger partial charge in [-0.2, -0.15) is 0 Å². The molecule has 3 heterocycles. The third-order valence-corrected chi connectivity index (χ3v) is 6.36. The molecule has 3 aliphatic heterocycles. The quantitative estimate of drug-likeness (QED) is 0.739. The highest BCUT2D eigenvalue weighted by atomic mass is 16.5. The van der Waals surface area contributed by atoms with Crippen LogP contribution in [0.2, 0.25) is 0 Å². The number of hydrogen-bond donors (Lipinski definition) is 1. The fourth-order valence-corrected chi connectivity index (χ4v) is 4.54. The van der Waals surface area contributed by atoms with E-state index in [1.54, 1.807) is 9.80 Å². The van der Waals surface area contributed by atoms with Gasteiger partial charge in [-0.1, -0.05) is 30.3 Å². The molecule has 0 aliphatic carbocycles. The normalized spacial score (nSPS) is 22.9. The summed E-state index contributed by atoms with van der Waals surface area (Å²) in [5, 5.41) is 9.33. The van der Waals surface area contributed by atoms with Crippen molar-refractivity contribution in [2.75, 3.05) is 39.5 Å². The number of β-amino-alcohol motifs (C(OH)–C–C–N with tert-alkyl or cyclic N) is 1. The van der Waals surface area contributed by atoms with Gasteiger partial charge in [0, 0.05) is 19.6 Å². The van der Waals surface area contributed by atoms with Crippen LogP contribution in [0.1, 0.15) is 25.3 Å². The van der Waals surface area contributed by atoms with E-state index < -0.39 is 11.0 Å². The van der Waals surface area contributed by atoms with Crippen LogP contribution < -0.4 is 0 Å². The number of amides is 4. The second-order valence-electron chi connectivity index (χ2n) is 8.41. The molecular weight excluding hydrogens is 374 g/mol. The molecule has 0 atom stereocenters. The third-order valence-electron chi connectivity index (χ3n) is 6.36. The predicted octanol–water partition coefficient (Wildman–Crippen LogP) is 0.841. The van der Waals surface area contributed by atoms with Crippen LogP contribution in [-0.4, -0.2) is 82.6 Å². The number of carbonyl (C=O) groups is 3. The first kappa shape index (κ1) is 19.8. The summed E-state index contributed by atoms with van der Waals surface area (Å²) in [7, 11) is 0. The van der Waals surface area contributed by atoms with E-state index in [4.69, 9.17) is 4.74 Å². The van der Waals surface area contributed by atoms with E-state index in [-0.39, 0.29) is 31.0 Å². The molecule has 4 rings (SSSR count). The lowest BCUT2D eigenvalue weighted by atomic mass is 9.82. The molecule has 1 spiro atoms. The zero-order valence-electron chi connectivity index (χ0n) is 16.7. The highest BCUT2D eigenvalue weighted by Crippen LogP contribution is 2.40. The minimum Gasteiger partial charge on any atom is -0.395 e. The summed E-state index contributed by atoms with van der Waals surface area (Å²) in [6.07, 6.45) is 0.796. The Morgan fingerprint density at radius 3 is 2.34 bits per heavy atom. The van der Waals surface area contributed by atoms with Crippen LogP contribution in [0.4, 0.5) is 4.79 Å². The second-order valence-corrected chi connectivity index (χ2v) is 8.41. The Kier molecular flexibility index (Phi) is 5.08. The van der Waals surface area contributed by atoms with E-state index in [1.165, 1.54) is 0 Å². The molecule has 1 aromatic carbocycles. The summed E-state index contributed by atoms with van der Waals surface area (Å²) in [6.45, 7) is 3.64. The Labute approximate surface area is 170 Å². The van der Waals surface area contributed by atoms with E-state index in [2.05, 4.69) is 0 Å². The van der Waals surface area contributed by atoms with Gasteiger partial charge >= 0.3 is 6.03 Å². The van der Waals surface area contributed by atoms with Crippen LogP contribution in [0, 0.1) is 5.41 Å². The van der Waals surface area contributed by atoms with Crippen molar-refractivity contribution in [2.24, 2.45) is 5.41 Å². The summed E-state index contributed by atoms with van der Waals surface area (Å²) in [6, 6.07) is 9.19. The van der Waals surface area contributed by atoms with Gasteiger partial charge in [0.05, 0.1) is 31.8 Å². The van der Waals surface area contributed by atoms with Crippen LogP contribution in [-0.2, 0) is 20.9 Å². The number of piperidine rings is 1. The number of imide groups is 1. The first-order valence-corrected chi connectivity index (χ1v) is 10.1. The monoisotopic (exact) mass is 401 g/mol. The minimum absolute atomic E-state index is 0.0111. The molecule has 1 N–H and O–H groups in total. The molecule has 3 fully saturated rings. The Bertz CT molecular complexity index is 800. The molecule has 0 saturated carbocycles. The second kappa shape index (κ2) is 7.42. The lowest BCUT2D eigenvalue weighted by Crippen LogP contribution is -2.60. The Balaban J connectivity index is 1.56. The summed E-state index contributed by atoms with van der Waals surface area (Å²) >= 11 is 0. The molecule has 1 aromatic rings. The molecule has 0 radical (unpaired) electrons. The number of hydrogen-bond acceptors (Lipinski definition) is 5. The standard InChI is InChI=1S/C21H27N3O5/c1-20(14-29-15-20)17(26)22-9-7-21(8-10-22)18(27)23(11-12-25)19(28)24(21)13-16-5-3-2-4-6-16/h2-6,25H,7-15H2,1H3. The van der Waals surface area contributed by atoms with E-state index in [9.17, 15) is 19.5 Å². The topological polar surface area (TPSA) is 90.4 Å². The van der Waals surface area contributed by atoms with Gasteiger partial charge in [0.1, 0.15) is 5.54 Å². The number of ether oxygens (including phenoxy) is 1. The summed E-state index contributed by atoms with van der Waals surface area (Å²) in [5.41, 5.74) is -0.501. The zero-order chi connectivity index (χ0) is 20.6. The number of rotatable bonds is 5. The van der Waals surface area contributed by atoms with Crippen molar-refractivity contribution in [1.29, 1.82) is 0 Å². The number of aliphatic hydroxyl groups is 1. The minimum atomic E-state index is -0.962. The number of aliphatic hydroxyl groups excluding tert-OH is 1. The predicted molar refractivity (Wildman–Crippen MR) is 104 cm³/mol. The number of likely N-dealkylation sites (tertiary alicyclic amines) is 1. The molecule has 4 amide bonds. The van der Waals surface area contributed by atoms with Gasteiger partial charge < -0.3 is 19.6 Å². The average molecular weight is 401 g/mol. The molecule has 0 aromatic heterocycles. The van der Waals surface area contributed by atoms with Crippen LogP contribution in [0.3, 0.4) is 0 Å². The van der Waals surface area contributed by atoms with Crippen molar-refractivity contribution in [3.8, 4) is 0 Å². The maximum Gasteiger partial charge on any atom is 0.328 e. The van der Waals surface area contributed by atoms with Gasteiger partial charge in [-0.25, -0.2) is 4.79 Å². The van der Waals surface area contributed by atoms with Gasteiger partial charge in [0.2, 0.25) is 5.91 Å². The van der Waals surface area contributed by atoms with Gasteiger partial charge in [-0.15, -0.1) is 0 Å². The first-order valence-electron chi connectivity index (χ1n) is 10.1. The maximum atomic E-state index is 13.3. The van der Waals surface area contributed by atoms with Crippen LogP contribution in [0.5, 0.6) is 0 Å². The van der Waals surface area contributed by atoms with Crippen molar-refractivity contribution < 1.29 is 24.2 Å². The molecule has 3 aliphatic rings. The molecule has 29 heavy (non-hydrogen) atoms. The van der Waals surface area contributed by atoms with E-state index in [0.717, 1.165) is 10.5 Å². The van der Waals surface area contributed by atoms with Gasteiger partial charge in [0.15, 0.2) is 0 Å². The SMILES string of the molecule is CC1(C(=O)N2CCC3(CC2)C(=O)N(CCO)C(=O)N3Cc2ccccc2)COC1. The van der Waals surface area contributed by atoms with Gasteiger partial charge in [0.25, 0.3) is 5.91 Å². The molecule has 0 unspecified atom stereocenters. The molecule has 156 valence electrons. The lowest BCUT2D eigenvalue weighted by Gasteiger charge is -2.46. The van der Waals surface area contributed by atoms with Crippen LogP contribution in [0.15, 0.2) is 30.3 Å². The van der Waals surface area contributed by atoms with Crippen molar-refractivity contribution in [3.05, 3.63) is 35.9 Å². The average Bonchev–Trinajstić information content (AvgIpc) is 2.90. The highest BCUT2D eigenvalue weighted by Gasteiger charge is 2.58. The van der Waals surface area contributed by atoms with Crippen molar-refractivity contribution in [3.63, 3.8) is 0 Å². The maximum absolute atomic E-state index is 13.3. The number of benzene rings is 1. The van der Waals surface area contributed by atoms with E-state index >= 15 is 0 Å². The fourth-order valence-electron chi connectivity index (χ4n) is 4.54. The number of nitrogens with zero attached hydrogens (tertiary/aromatic N) is 3. The number of carbonyl (C=O) groups excluding carboxylic acids is 3. The fraction of sp³-hybridized carbons (Fsp3) is 0.571. The molecule has 3 saturated heterocycles. The van der Waals surface area contributed by atoms with Crippen LogP contribution in [0.25, 0.3) is 0 Å². The largest absolute Gasteiger partial charge is 0.395 e. The van der Waals surface area contributed by atoms with Crippen LogP contribution >= 0.6 is 0 Å². The Morgan fingerprint density at radius 2 is 1.79 bits per heavy atom. The first-order chi connectivity index (χ1) is 13.9. The van der Waals surface area contributed by atoms with Crippen molar-refractivity contribution in [2.45, 2.75) is 31.8 Å². The zero-order valence-corrected chi connectivity index (χ0v) is 16.7. The molecular formula is C21H27N3O5. The summed E-state index contributed by atoms with van der Waals surface area (Å²) < 4.78 is 5.21. The van der Waals surface area contributed by atoms with Gasteiger partial charge in [-0.3, -0.25) is 14.5 Å². The molecule has 8 nitrogen and oxygen atoms in total. The Morgan fingerprint density at radius 1 is 1.14 bits per heavy atom. The third kappa shape index (κ3) is 3.20. The lowest BCUT2D eigenvalue weighted by molar-refractivity contribution is -0.171. The van der Waals surface area contributed by atoms with Crippen molar-refractivity contribution in [1.82, 2.24) is 14.7 Å². The smallest absolute Gasteiger partial charge is 0.328 e. The summed E-state index contributed by atoms with van der Waals surface area (Å²) in [5.74, 6) is -0.213. The van der Waals surface area contributed by atoms with E-state index in [0.29, 0.717) is 45.7 Å². The van der Waals surface area contributed by atoms with E-state index in [1.807, 2.05) is 37.3 Å². The summed E-state index contributed by atoms with van der Waals surface area (Å²) in [4.78, 5) is 43.7. The Hall–Kier alpha value is -2.45. The van der Waals surface area contributed by atoms with Crippen molar-refractivity contribution >= 4 is 17.8 Å². The molecule has 0 bridgehead atoms. The van der Waals surface area contributed by atoms with Gasteiger partial charge in [-0.05, 0) is 25.3 Å². The molecule has 8 heteroatoms.